The van der Waals surface area contributed by atoms with Crippen molar-refractivity contribution in [2.24, 2.45) is 5.10 Å². The summed E-state index contributed by atoms with van der Waals surface area (Å²) >= 11 is 1.59. The Morgan fingerprint density at radius 3 is 3.04 bits per heavy atom. The molecule has 1 amide bonds. The molecule has 24 heavy (non-hydrogen) atoms. The zero-order valence-corrected chi connectivity index (χ0v) is 14.0. The Labute approximate surface area is 143 Å². The first-order valence-corrected chi connectivity index (χ1v) is 8.65. The van der Waals surface area contributed by atoms with Gasteiger partial charge in [0.2, 0.25) is 0 Å². The second kappa shape index (κ2) is 6.05. The predicted molar refractivity (Wildman–Crippen MR) is 95.5 cm³/mol. The van der Waals surface area contributed by atoms with E-state index in [1.54, 1.807) is 17.6 Å². The van der Waals surface area contributed by atoms with Crippen LogP contribution in [0.3, 0.4) is 0 Å². The van der Waals surface area contributed by atoms with Crippen LogP contribution in [0, 0.1) is 6.92 Å². The molecule has 0 radical (unpaired) electrons. The standard InChI is InChI=1S/C18H16N4OS/c1-11-8-9-24-15(11)10-19-22-18(23)17-14-7-6-12-4-2-3-5-13(12)16(14)20-21-17/h2-5,8-10H,6-7H2,1H3,(H,20,21)(H,22,23)/b19-10-. The van der Waals surface area contributed by atoms with Crippen LogP contribution >= 0.6 is 11.3 Å². The molecule has 0 atom stereocenters. The number of rotatable bonds is 3. The third-order valence-corrected chi connectivity index (χ3v) is 5.21. The van der Waals surface area contributed by atoms with Gasteiger partial charge in [-0.1, -0.05) is 24.3 Å². The van der Waals surface area contributed by atoms with Crippen molar-refractivity contribution in [1.29, 1.82) is 0 Å². The van der Waals surface area contributed by atoms with Gasteiger partial charge in [-0.2, -0.15) is 10.2 Å². The van der Waals surface area contributed by atoms with Gasteiger partial charge in [-0.25, -0.2) is 5.43 Å². The van der Waals surface area contributed by atoms with Gasteiger partial charge in [-0.15, -0.1) is 11.3 Å². The smallest absolute Gasteiger partial charge is 0.272 e. The van der Waals surface area contributed by atoms with Gasteiger partial charge in [0.25, 0.3) is 5.91 Å². The molecule has 1 aliphatic carbocycles. The zero-order valence-electron chi connectivity index (χ0n) is 13.2. The maximum Gasteiger partial charge on any atom is 0.289 e. The van der Waals surface area contributed by atoms with Gasteiger partial charge in [0.05, 0.1) is 11.9 Å². The molecule has 4 rings (SSSR count). The van der Waals surface area contributed by atoms with Crippen LogP contribution in [0.25, 0.3) is 11.3 Å². The van der Waals surface area contributed by atoms with E-state index in [1.807, 2.05) is 36.6 Å². The number of aromatic nitrogens is 2. The number of aromatic amines is 1. The molecule has 0 saturated heterocycles. The van der Waals surface area contributed by atoms with Crippen LogP contribution in [-0.4, -0.2) is 22.3 Å². The second-order valence-electron chi connectivity index (χ2n) is 5.75. The number of thiophene rings is 1. The van der Waals surface area contributed by atoms with Crippen molar-refractivity contribution in [3.05, 3.63) is 63.0 Å². The van der Waals surface area contributed by atoms with Crippen molar-refractivity contribution in [3.63, 3.8) is 0 Å². The number of hydrogen-bond donors (Lipinski definition) is 2. The third kappa shape index (κ3) is 2.55. The minimum absolute atomic E-state index is 0.256. The Hall–Kier alpha value is -2.73. The highest BCUT2D eigenvalue weighted by Gasteiger charge is 2.24. The number of H-pyrrole nitrogens is 1. The highest BCUT2D eigenvalue weighted by molar-refractivity contribution is 7.11. The summed E-state index contributed by atoms with van der Waals surface area (Å²) in [5.41, 5.74) is 8.45. The highest BCUT2D eigenvalue weighted by atomic mass is 32.1. The highest BCUT2D eigenvalue weighted by Crippen LogP contribution is 2.33. The van der Waals surface area contributed by atoms with Crippen molar-refractivity contribution < 1.29 is 4.79 Å². The van der Waals surface area contributed by atoms with E-state index in [0.29, 0.717) is 5.69 Å². The maximum absolute atomic E-state index is 12.4. The van der Waals surface area contributed by atoms with E-state index in [9.17, 15) is 4.79 Å². The monoisotopic (exact) mass is 336 g/mol. The van der Waals surface area contributed by atoms with Crippen molar-refractivity contribution in [3.8, 4) is 11.3 Å². The Morgan fingerprint density at radius 1 is 1.33 bits per heavy atom. The summed E-state index contributed by atoms with van der Waals surface area (Å²) in [6.07, 6.45) is 3.40. The van der Waals surface area contributed by atoms with E-state index in [-0.39, 0.29) is 5.91 Å². The van der Waals surface area contributed by atoms with Crippen LogP contribution in [0.2, 0.25) is 0 Å². The molecule has 2 aromatic heterocycles. The van der Waals surface area contributed by atoms with Crippen LogP contribution < -0.4 is 5.43 Å². The number of fused-ring (bicyclic) bond motifs is 3. The van der Waals surface area contributed by atoms with Crippen molar-refractivity contribution in [2.45, 2.75) is 19.8 Å². The maximum atomic E-state index is 12.4. The van der Waals surface area contributed by atoms with Crippen molar-refractivity contribution in [2.75, 3.05) is 0 Å². The topological polar surface area (TPSA) is 70.1 Å². The van der Waals surface area contributed by atoms with Crippen LogP contribution in [0.5, 0.6) is 0 Å². The number of hydrazone groups is 1. The van der Waals surface area contributed by atoms with Gasteiger partial charge >= 0.3 is 0 Å². The number of carbonyl (C=O) groups excluding carboxylic acids is 1. The lowest BCUT2D eigenvalue weighted by atomic mass is 9.89. The summed E-state index contributed by atoms with van der Waals surface area (Å²) in [6, 6.07) is 10.2. The predicted octanol–water partition coefficient (Wildman–Crippen LogP) is 3.31. The molecular weight excluding hydrogens is 320 g/mol. The van der Waals surface area contributed by atoms with Crippen LogP contribution in [-0.2, 0) is 12.8 Å². The fourth-order valence-corrected chi connectivity index (χ4v) is 3.76. The second-order valence-corrected chi connectivity index (χ2v) is 6.70. The quantitative estimate of drug-likeness (QED) is 0.569. The van der Waals surface area contributed by atoms with E-state index in [4.69, 9.17) is 0 Å². The number of nitrogens with one attached hydrogen (secondary N) is 2. The molecule has 1 aromatic carbocycles. The van der Waals surface area contributed by atoms with Gasteiger partial charge in [-0.05, 0) is 42.3 Å². The Morgan fingerprint density at radius 2 is 2.21 bits per heavy atom. The lowest BCUT2D eigenvalue weighted by Crippen LogP contribution is -2.20. The van der Waals surface area contributed by atoms with Crippen LogP contribution in [0.1, 0.15) is 32.1 Å². The molecule has 1 aliphatic rings. The first-order valence-electron chi connectivity index (χ1n) is 7.77. The van der Waals surface area contributed by atoms with Gasteiger partial charge in [0, 0.05) is 16.0 Å². The van der Waals surface area contributed by atoms with Gasteiger partial charge < -0.3 is 0 Å². The first kappa shape index (κ1) is 14.8. The summed E-state index contributed by atoms with van der Waals surface area (Å²) in [6.45, 7) is 2.02. The molecular formula is C18H16N4OS. The summed E-state index contributed by atoms with van der Waals surface area (Å²) in [4.78, 5) is 13.4. The molecule has 2 heterocycles. The minimum Gasteiger partial charge on any atom is -0.272 e. The minimum atomic E-state index is -0.256. The molecule has 6 heteroatoms. The van der Waals surface area contributed by atoms with E-state index >= 15 is 0 Å². The SMILES string of the molecule is Cc1ccsc1/C=N\NC(=O)c1[nH]nc2c1CCc1ccccc1-2. The molecule has 2 N–H and O–H groups in total. The molecule has 120 valence electrons. The van der Waals surface area contributed by atoms with E-state index < -0.39 is 0 Å². The molecule has 5 nitrogen and oxygen atoms in total. The van der Waals surface area contributed by atoms with Crippen LogP contribution in [0.4, 0.5) is 0 Å². The Kier molecular flexibility index (Phi) is 3.74. The lowest BCUT2D eigenvalue weighted by molar-refractivity contribution is 0.0949. The molecule has 0 bridgehead atoms. The summed E-state index contributed by atoms with van der Waals surface area (Å²) in [7, 11) is 0. The molecule has 0 saturated carbocycles. The Bertz CT molecular complexity index is 938. The number of nitrogens with zero attached hydrogens (tertiary/aromatic N) is 2. The Balaban J connectivity index is 1.56. The average Bonchev–Trinajstić information content (AvgIpc) is 3.21. The molecule has 0 unspecified atom stereocenters. The van der Waals surface area contributed by atoms with E-state index in [0.717, 1.165) is 40.1 Å². The third-order valence-electron chi connectivity index (χ3n) is 4.26. The normalized spacial score (nSPS) is 12.9. The van der Waals surface area contributed by atoms with Crippen molar-refractivity contribution >= 4 is 23.5 Å². The number of carbonyl (C=O) groups is 1. The summed E-state index contributed by atoms with van der Waals surface area (Å²) in [5.74, 6) is -0.256. The molecule has 0 fully saturated rings. The van der Waals surface area contributed by atoms with Gasteiger partial charge in [0.1, 0.15) is 5.69 Å². The average molecular weight is 336 g/mol. The van der Waals surface area contributed by atoms with E-state index in [1.165, 1.54) is 5.56 Å². The molecule has 0 spiro atoms. The van der Waals surface area contributed by atoms with Crippen molar-refractivity contribution in [1.82, 2.24) is 15.6 Å². The largest absolute Gasteiger partial charge is 0.289 e. The lowest BCUT2D eigenvalue weighted by Gasteiger charge is -2.15. The fraction of sp³-hybridized carbons (Fsp3) is 0.167. The number of benzene rings is 1. The zero-order chi connectivity index (χ0) is 16.5. The first-order chi connectivity index (χ1) is 11.7. The summed E-state index contributed by atoms with van der Waals surface area (Å²) < 4.78 is 0. The number of hydrogen-bond acceptors (Lipinski definition) is 4. The number of amides is 1. The molecule has 0 aliphatic heterocycles. The van der Waals surface area contributed by atoms with E-state index in [2.05, 4.69) is 26.8 Å². The fourth-order valence-electron chi connectivity index (χ4n) is 2.97. The summed E-state index contributed by atoms with van der Waals surface area (Å²) in [5, 5.41) is 13.3. The van der Waals surface area contributed by atoms with Gasteiger partial charge in [-0.3, -0.25) is 9.89 Å². The number of aryl methyl sites for hydroxylation is 2. The molecule has 3 aromatic rings. The van der Waals surface area contributed by atoms with Crippen LogP contribution in [0.15, 0.2) is 40.8 Å². The van der Waals surface area contributed by atoms with Gasteiger partial charge in [0.15, 0.2) is 0 Å².